The second-order valence-corrected chi connectivity index (χ2v) is 7.98. The zero-order chi connectivity index (χ0) is 23.9. The van der Waals surface area contributed by atoms with Crippen LogP contribution in [0.1, 0.15) is 27.8 Å². The minimum absolute atomic E-state index is 0.0876. The van der Waals surface area contributed by atoms with Gasteiger partial charge in [0, 0.05) is 17.0 Å². The van der Waals surface area contributed by atoms with Crippen molar-refractivity contribution in [2.45, 2.75) is 26.9 Å². The lowest BCUT2D eigenvalue weighted by Gasteiger charge is -2.15. The van der Waals surface area contributed by atoms with Gasteiger partial charge in [0.05, 0.1) is 22.5 Å². The Morgan fingerprint density at radius 2 is 1.55 bits per heavy atom. The van der Waals surface area contributed by atoms with Gasteiger partial charge < -0.3 is 5.11 Å². The number of fused-ring (bicyclic) bond motifs is 1. The zero-order valence-corrected chi connectivity index (χ0v) is 18.2. The van der Waals surface area contributed by atoms with Gasteiger partial charge in [-0.05, 0) is 56.2 Å². The van der Waals surface area contributed by atoms with E-state index in [9.17, 15) is 23.1 Å². The number of aliphatic imine (C=N–C) groups is 1. The van der Waals surface area contributed by atoms with Gasteiger partial charge in [-0.25, -0.2) is 4.57 Å². The number of alkyl halides is 3. The molecule has 7 heteroatoms. The number of aryl methyl sites for hydroxylation is 3. The molecule has 0 spiro atoms. The molecular weight excluding hydrogens is 429 g/mol. The molecule has 0 atom stereocenters. The predicted molar refractivity (Wildman–Crippen MR) is 124 cm³/mol. The van der Waals surface area contributed by atoms with Gasteiger partial charge in [-0.2, -0.15) is 13.2 Å². The third kappa shape index (κ3) is 4.14. The van der Waals surface area contributed by atoms with Crippen molar-refractivity contribution in [3.05, 3.63) is 98.8 Å². The van der Waals surface area contributed by atoms with Crippen LogP contribution in [0.2, 0.25) is 0 Å². The van der Waals surface area contributed by atoms with E-state index in [4.69, 9.17) is 0 Å². The number of hydrogen-bond donors (Lipinski definition) is 1. The standard InChI is InChI=1S/C26H21F3N2O2/c1-15-11-16(2)23(17(3)12-15)30-14-22-20-9-4-5-10-21(20)24(32)31(25(22)33)19-8-6-7-18(13-19)26(27,28)29/h4-14,33H,1-3H3. The molecule has 0 aliphatic heterocycles. The fourth-order valence-electron chi connectivity index (χ4n) is 4.06. The summed E-state index contributed by atoms with van der Waals surface area (Å²) >= 11 is 0. The van der Waals surface area contributed by atoms with Crippen LogP contribution in [0.4, 0.5) is 18.9 Å². The molecule has 1 N–H and O–H groups in total. The third-order valence-corrected chi connectivity index (χ3v) is 5.49. The normalized spacial score (nSPS) is 12.1. The first kappa shape index (κ1) is 22.3. The smallest absolute Gasteiger partial charge is 0.416 e. The maximum Gasteiger partial charge on any atom is 0.416 e. The summed E-state index contributed by atoms with van der Waals surface area (Å²) in [7, 11) is 0. The highest BCUT2D eigenvalue weighted by molar-refractivity contribution is 6.02. The van der Waals surface area contributed by atoms with E-state index < -0.39 is 23.2 Å². The van der Waals surface area contributed by atoms with Crippen LogP contribution in [0.5, 0.6) is 5.88 Å². The summed E-state index contributed by atoms with van der Waals surface area (Å²) in [5.74, 6) is -0.482. The number of pyridine rings is 1. The molecule has 4 nitrogen and oxygen atoms in total. The highest BCUT2D eigenvalue weighted by Gasteiger charge is 2.31. The van der Waals surface area contributed by atoms with Crippen molar-refractivity contribution in [2.24, 2.45) is 4.99 Å². The third-order valence-electron chi connectivity index (χ3n) is 5.49. The molecule has 0 aliphatic rings. The molecule has 0 radical (unpaired) electrons. The quantitative estimate of drug-likeness (QED) is 0.368. The molecule has 0 saturated heterocycles. The zero-order valence-electron chi connectivity index (χ0n) is 18.2. The summed E-state index contributed by atoms with van der Waals surface area (Å²) in [6.07, 6.45) is -3.14. The van der Waals surface area contributed by atoms with Gasteiger partial charge in [0.25, 0.3) is 5.56 Å². The Bertz CT molecular complexity index is 1440. The molecule has 0 fully saturated rings. The summed E-state index contributed by atoms with van der Waals surface area (Å²) in [6, 6.07) is 14.9. The molecule has 0 aliphatic carbocycles. The van der Waals surface area contributed by atoms with Crippen molar-refractivity contribution >= 4 is 22.7 Å². The first-order chi connectivity index (χ1) is 15.6. The summed E-state index contributed by atoms with van der Waals surface area (Å²) in [5, 5.41) is 11.8. The lowest BCUT2D eigenvalue weighted by Crippen LogP contribution is -2.20. The number of hydrogen-bond acceptors (Lipinski definition) is 3. The SMILES string of the molecule is Cc1cc(C)c(N=Cc2c(O)n(-c3cccc(C(F)(F)F)c3)c(=O)c3ccccc23)c(C)c1. The van der Waals surface area contributed by atoms with Crippen LogP contribution in [0, 0.1) is 20.8 Å². The number of rotatable bonds is 3. The fraction of sp³-hybridized carbons (Fsp3) is 0.154. The lowest BCUT2D eigenvalue weighted by atomic mass is 10.0. The van der Waals surface area contributed by atoms with E-state index in [1.807, 2.05) is 32.9 Å². The average molecular weight is 450 g/mol. The van der Waals surface area contributed by atoms with Gasteiger partial charge in [-0.1, -0.05) is 42.0 Å². The summed E-state index contributed by atoms with van der Waals surface area (Å²) in [5.41, 5.74) is 2.31. The molecule has 0 bridgehead atoms. The van der Waals surface area contributed by atoms with Gasteiger partial charge in [-0.15, -0.1) is 0 Å². The van der Waals surface area contributed by atoms with Gasteiger partial charge in [-0.3, -0.25) is 9.79 Å². The Labute approximate surface area is 188 Å². The second-order valence-electron chi connectivity index (χ2n) is 7.98. The number of aromatic hydroxyl groups is 1. The van der Waals surface area contributed by atoms with Crippen molar-refractivity contribution in [2.75, 3.05) is 0 Å². The molecule has 3 aromatic carbocycles. The van der Waals surface area contributed by atoms with Gasteiger partial charge >= 0.3 is 6.18 Å². The summed E-state index contributed by atoms with van der Waals surface area (Å²) in [4.78, 5) is 17.7. The Balaban J connectivity index is 1.99. The minimum atomic E-state index is -4.59. The Kier molecular flexibility index (Phi) is 5.57. The topological polar surface area (TPSA) is 54.6 Å². The largest absolute Gasteiger partial charge is 0.494 e. The Hall–Kier alpha value is -3.87. The van der Waals surface area contributed by atoms with Crippen molar-refractivity contribution in [3.63, 3.8) is 0 Å². The molecule has 4 rings (SSSR count). The van der Waals surface area contributed by atoms with E-state index in [1.54, 1.807) is 24.3 Å². The molecule has 0 amide bonds. The maximum atomic E-state index is 13.3. The molecular formula is C26H21F3N2O2. The second kappa shape index (κ2) is 8.24. The molecule has 0 unspecified atom stereocenters. The number of aromatic nitrogens is 1. The van der Waals surface area contributed by atoms with Crippen LogP contribution in [-0.4, -0.2) is 15.9 Å². The monoisotopic (exact) mass is 450 g/mol. The van der Waals surface area contributed by atoms with Crippen LogP contribution in [-0.2, 0) is 6.18 Å². The van der Waals surface area contributed by atoms with Crippen molar-refractivity contribution in [1.82, 2.24) is 4.57 Å². The molecule has 0 saturated carbocycles. The first-order valence-electron chi connectivity index (χ1n) is 10.2. The maximum absolute atomic E-state index is 13.3. The highest BCUT2D eigenvalue weighted by Crippen LogP contribution is 2.32. The molecule has 4 aromatic rings. The Morgan fingerprint density at radius 3 is 2.18 bits per heavy atom. The molecule has 1 heterocycles. The van der Waals surface area contributed by atoms with E-state index >= 15 is 0 Å². The number of nitrogens with zero attached hydrogens (tertiary/aromatic N) is 2. The van der Waals surface area contributed by atoms with E-state index in [-0.39, 0.29) is 16.6 Å². The minimum Gasteiger partial charge on any atom is -0.494 e. The first-order valence-corrected chi connectivity index (χ1v) is 10.2. The number of benzene rings is 3. The van der Waals surface area contributed by atoms with E-state index in [2.05, 4.69) is 4.99 Å². The fourth-order valence-corrected chi connectivity index (χ4v) is 4.06. The van der Waals surface area contributed by atoms with Gasteiger partial charge in [0.1, 0.15) is 0 Å². The average Bonchev–Trinajstić information content (AvgIpc) is 2.75. The Morgan fingerprint density at radius 1 is 0.909 bits per heavy atom. The van der Waals surface area contributed by atoms with Gasteiger partial charge in [0.2, 0.25) is 5.88 Å². The van der Waals surface area contributed by atoms with Crippen LogP contribution in [0.3, 0.4) is 0 Å². The van der Waals surface area contributed by atoms with Crippen molar-refractivity contribution < 1.29 is 18.3 Å². The number of halogens is 3. The van der Waals surface area contributed by atoms with Crippen molar-refractivity contribution in [1.29, 1.82) is 0 Å². The molecule has 33 heavy (non-hydrogen) atoms. The highest BCUT2D eigenvalue weighted by atomic mass is 19.4. The van der Waals surface area contributed by atoms with Crippen LogP contribution >= 0.6 is 0 Å². The van der Waals surface area contributed by atoms with E-state index in [0.717, 1.165) is 39.1 Å². The van der Waals surface area contributed by atoms with Crippen molar-refractivity contribution in [3.8, 4) is 11.6 Å². The lowest BCUT2D eigenvalue weighted by molar-refractivity contribution is -0.137. The van der Waals surface area contributed by atoms with E-state index in [0.29, 0.717) is 5.39 Å². The van der Waals surface area contributed by atoms with Crippen LogP contribution in [0.15, 0.2) is 70.5 Å². The summed E-state index contributed by atoms with van der Waals surface area (Å²) < 4.78 is 40.7. The molecule has 168 valence electrons. The van der Waals surface area contributed by atoms with Gasteiger partial charge in [0.15, 0.2) is 0 Å². The van der Waals surface area contributed by atoms with Crippen LogP contribution in [0.25, 0.3) is 16.5 Å². The van der Waals surface area contributed by atoms with E-state index in [1.165, 1.54) is 18.3 Å². The molecule has 1 aromatic heterocycles. The predicted octanol–water partition coefficient (Wildman–Crippen LogP) is 6.39. The summed E-state index contributed by atoms with van der Waals surface area (Å²) in [6.45, 7) is 5.83. The van der Waals surface area contributed by atoms with Crippen LogP contribution < -0.4 is 5.56 Å².